The summed E-state index contributed by atoms with van der Waals surface area (Å²) in [4.78, 5) is 75.1. The largest absolute Gasteiger partial charge is 0.487 e. The Morgan fingerprint density at radius 1 is 1.00 bits per heavy atom. The second-order valence-electron chi connectivity index (χ2n) is 12.4. The summed E-state index contributed by atoms with van der Waals surface area (Å²) in [5, 5.41) is 30.1. The third kappa shape index (κ3) is 14.6. The van der Waals surface area contributed by atoms with Gasteiger partial charge in [-0.3, -0.25) is 44.0 Å². The Kier molecular flexibility index (Phi) is 17.2. The van der Waals surface area contributed by atoms with E-state index in [4.69, 9.17) is 36.8 Å². The molecule has 3 aromatic rings. The van der Waals surface area contributed by atoms with E-state index >= 15 is 0 Å². The Morgan fingerprint density at radius 3 is 2.05 bits per heavy atom. The number of carbonyl (C=O) groups excluding carboxylic acids is 3. The fourth-order valence-electron chi connectivity index (χ4n) is 4.82. The van der Waals surface area contributed by atoms with Crippen LogP contribution in [-0.4, -0.2) is 83.3 Å². The van der Waals surface area contributed by atoms with Crippen LogP contribution in [0.25, 0.3) is 0 Å². The third-order valence-corrected chi connectivity index (χ3v) is 10.2. The normalized spacial score (nSPS) is 14.7. The van der Waals surface area contributed by atoms with Crippen LogP contribution < -0.4 is 15.2 Å². The van der Waals surface area contributed by atoms with Crippen molar-refractivity contribution >= 4 is 63.5 Å². The number of carboxylic acid groups (broad SMARTS) is 1. The SMILES string of the molecule is CCOc1cc(Oc2ccc(C(F)(F)F)cc2Cl)ccc1[N+](=O)[O-].CP(=O)(O)CCC(N)C(=O)O.CS(=O)(=O)c1ccc(C(=O)C2C(=O)CCCC2=O)c([N+](=O)[O-])c1. The van der Waals surface area contributed by atoms with Crippen molar-refractivity contribution in [1.82, 2.24) is 0 Å². The first kappa shape index (κ1) is 48.9. The van der Waals surface area contributed by atoms with E-state index in [0.717, 1.165) is 42.7 Å². The average Bonchev–Trinajstić information content (AvgIpc) is 3.10. The van der Waals surface area contributed by atoms with E-state index in [1.807, 2.05) is 0 Å². The zero-order valence-electron chi connectivity index (χ0n) is 30.6. The van der Waals surface area contributed by atoms with Crippen LogP contribution in [0.15, 0.2) is 59.5 Å². The number of carbonyl (C=O) groups is 4. The Labute approximate surface area is 332 Å². The van der Waals surface area contributed by atoms with Crippen molar-refractivity contribution in [2.24, 2.45) is 11.7 Å². The highest BCUT2D eigenvalue weighted by Gasteiger charge is 2.39. The van der Waals surface area contributed by atoms with Gasteiger partial charge in [0.05, 0.1) is 37.5 Å². The maximum atomic E-state index is 12.6. The summed E-state index contributed by atoms with van der Waals surface area (Å²) in [5.41, 5.74) is 2.77. The number of ether oxygens (including phenoxy) is 2. The van der Waals surface area contributed by atoms with Gasteiger partial charge in [-0.05, 0) is 56.2 Å². The molecule has 316 valence electrons. The summed E-state index contributed by atoms with van der Waals surface area (Å²) in [6.45, 7) is 3.04. The molecule has 4 rings (SSSR count). The van der Waals surface area contributed by atoms with E-state index in [2.05, 4.69) is 0 Å². The number of nitrogens with two attached hydrogens (primary N) is 1. The van der Waals surface area contributed by atoms with Crippen molar-refractivity contribution < 1.29 is 74.7 Å². The van der Waals surface area contributed by atoms with Gasteiger partial charge in [-0.15, -0.1) is 0 Å². The van der Waals surface area contributed by atoms with E-state index in [-0.39, 0.29) is 64.9 Å². The molecule has 1 aliphatic rings. The predicted octanol–water partition coefficient (Wildman–Crippen LogP) is 6.27. The van der Waals surface area contributed by atoms with Crippen molar-refractivity contribution in [1.29, 1.82) is 0 Å². The fraction of sp³-hybridized carbons (Fsp3) is 0.353. The number of halogens is 4. The van der Waals surface area contributed by atoms with Crippen molar-refractivity contribution in [2.75, 3.05) is 25.7 Å². The van der Waals surface area contributed by atoms with Gasteiger partial charge in [-0.2, -0.15) is 13.2 Å². The number of Topliss-reactive ketones (excluding diaryl/α,β-unsaturated/α-hetero) is 3. The lowest BCUT2D eigenvalue weighted by Gasteiger charge is -2.18. The molecule has 24 heteroatoms. The molecule has 0 bridgehead atoms. The van der Waals surface area contributed by atoms with Crippen LogP contribution in [0.3, 0.4) is 0 Å². The van der Waals surface area contributed by atoms with Gasteiger partial charge in [0.15, 0.2) is 34.6 Å². The number of nitro groups is 2. The highest BCUT2D eigenvalue weighted by Crippen LogP contribution is 2.39. The number of alkyl halides is 3. The quantitative estimate of drug-likeness (QED) is 0.0560. The zero-order valence-corrected chi connectivity index (χ0v) is 33.1. The number of aliphatic carboxylic acids is 1. The maximum absolute atomic E-state index is 12.6. The van der Waals surface area contributed by atoms with E-state index < -0.39 is 85.3 Å². The minimum atomic E-state index is -4.52. The first-order valence-electron chi connectivity index (χ1n) is 16.5. The lowest BCUT2D eigenvalue weighted by molar-refractivity contribution is -0.385. The number of benzene rings is 3. The van der Waals surface area contributed by atoms with Crippen LogP contribution >= 0.6 is 19.0 Å². The standard InChI is InChI=1S/C15H11ClF3NO4.C14H13NO7S.C5H12NO4P/c1-2-23-14-8-10(4-5-12(14)20(21)22)24-13-6-3-9(7-11(13)16)15(17,18)19;1-23(21,22)8-5-6-9(10(7-8)15(19)20)14(18)13-11(16)3-2-4-12(13)17;1-11(9,10)3-2-4(6)5(7)8/h3-8H,2H2,1H3;5-7,13H,2-4H2,1H3;4H,2-3,6H2,1H3,(H,7,8)(H,9,10). The summed E-state index contributed by atoms with van der Waals surface area (Å²) in [6.07, 6.45) is -3.15. The predicted molar refractivity (Wildman–Crippen MR) is 200 cm³/mol. The van der Waals surface area contributed by atoms with Crippen LogP contribution in [0, 0.1) is 26.1 Å². The Bertz CT molecular complexity index is 2220. The number of rotatable bonds is 13. The molecule has 0 heterocycles. The molecule has 58 heavy (non-hydrogen) atoms. The number of carboxylic acids is 1. The van der Waals surface area contributed by atoms with Gasteiger partial charge in [0.25, 0.3) is 5.69 Å². The molecule has 1 saturated carbocycles. The van der Waals surface area contributed by atoms with Crippen molar-refractivity contribution in [2.45, 2.75) is 49.7 Å². The number of nitro benzene ring substituents is 2. The lowest BCUT2D eigenvalue weighted by atomic mass is 9.81. The van der Waals surface area contributed by atoms with Crippen LogP contribution in [0.1, 0.15) is 48.5 Å². The summed E-state index contributed by atoms with van der Waals surface area (Å²) in [7, 11) is -6.80. The van der Waals surface area contributed by atoms with Gasteiger partial charge in [-0.1, -0.05) is 11.6 Å². The summed E-state index contributed by atoms with van der Waals surface area (Å²) >= 11 is 5.80. The van der Waals surface area contributed by atoms with Crippen LogP contribution in [0.4, 0.5) is 24.5 Å². The van der Waals surface area contributed by atoms with E-state index in [1.165, 1.54) is 24.9 Å². The molecule has 0 amide bonds. The van der Waals surface area contributed by atoms with Gasteiger partial charge < -0.3 is 25.2 Å². The number of ketones is 3. The smallest absolute Gasteiger partial charge is 0.416 e. The van der Waals surface area contributed by atoms with Gasteiger partial charge in [0.1, 0.15) is 23.5 Å². The van der Waals surface area contributed by atoms with Gasteiger partial charge >= 0.3 is 17.8 Å². The minimum Gasteiger partial charge on any atom is -0.487 e. The molecular weight excluding hydrogens is 846 g/mol. The number of nitrogens with zero attached hydrogens (tertiary/aromatic N) is 2. The maximum Gasteiger partial charge on any atom is 0.416 e. The molecule has 0 aliphatic heterocycles. The van der Waals surface area contributed by atoms with Crippen molar-refractivity contribution in [3.05, 3.63) is 91.0 Å². The van der Waals surface area contributed by atoms with Crippen molar-refractivity contribution in [3.63, 3.8) is 0 Å². The second-order valence-corrected chi connectivity index (χ2v) is 17.3. The van der Waals surface area contributed by atoms with Gasteiger partial charge in [0, 0.05) is 50.1 Å². The first-order valence-corrected chi connectivity index (χ1v) is 21.1. The van der Waals surface area contributed by atoms with Gasteiger partial charge in [-0.25, -0.2) is 8.42 Å². The summed E-state index contributed by atoms with van der Waals surface area (Å²) < 4.78 is 82.0. The number of sulfone groups is 1. The number of hydrogen-bond donors (Lipinski definition) is 3. The third-order valence-electron chi connectivity index (χ3n) is 7.70. The lowest BCUT2D eigenvalue weighted by Crippen LogP contribution is -2.35. The molecule has 1 aliphatic carbocycles. The molecule has 18 nitrogen and oxygen atoms in total. The molecular formula is C34H36ClF3N3O15PS. The van der Waals surface area contributed by atoms with E-state index in [9.17, 15) is 65.6 Å². The molecule has 2 atom stereocenters. The Hall–Kier alpha value is -5.28. The zero-order chi connectivity index (χ0) is 44.3. The monoisotopic (exact) mass is 881 g/mol. The first-order chi connectivity index (χ1) is 26.7. The Balaban J connectivity index is 0.000000321. The molecule has 0 radical (unpaired) electrons. The fourth-order valence-corrected chi connectivity index (χ4v) is 6.44. The molecule has 1 fully saturated rings. The van der Waals surface area contributed by atoms with Crippen LogP contribution in [0.5, 0.6) is 17.2 Å². The topological polar surface area (TPSA) is 291 Å². The summed E-state index contributed by atoms with van der Waals surface area (Å²) in [6, 6.07) is 8.16. The number of hydrogen-bond acceptors (Lipinski definition) is 14. The minimum absolute atomic E-state index is 0.0111. The molecule has 2 unspecified atom stereocenters. The molecule has 0 saturated heterocycles. The molecule has 0 aromatic heterocycles. The van der Waals surface area contributed by atoms with E-state index in [1.54, 1.807) is 6.92 Å². The van der Waals surface area contributed by atoms with Crippen molar-refractivity contribution in [3.8, 4) is 17.2 Å². The molecule has 3 aromatic carbocycles. The second kappa shape index (κ2) is 20.4. The van der Waals surface area contributed by atoms with Gasteiger partial charge in [0.2, 0.25) is 5.75 Å². The van der Waals surface area contributed by atoms with Crippen LogP contribution in [0.2, 0.25) is 5.02 Å². The van der Waals surface area contributed by atoms with Crippen LogP contribution in [-0.2, 0) is 35.0 Å². The highest BCUT2D eigenvalue weighted by molar-refractivity contribution is 7.90. The highest BCUT2D eigenvalue weighted by atomic mass is 35.5. The summed E-state index contributed by atoms with van der Waals surface area (Å²) in [5.74, 6) is -4.63. The molecule has 4 N–H and O–H groups in total. The molecule has 0 spiro atoms. The Morgan fingerprint density at radius 2 is 1.59 bits per heavy atom. The van der Waals surface area contributed by atoms with E-state index in [0.29, 0.717) is 6.42 Å². The average molecular weight is 882 g/mol.